The molecule has 5 rings (SSSR count). The summed E-state index contributed by atoms with van der Waals surface area (Å²) in [5.41, 5.74) is 1.08. The van der Waals surface area contributed by atoms with Gasteiger partial charge in [0.25, 0.3) is 0 Å². The quantitative estimate of drug-likeness (QED) is 0.242. The van der Waals surface area contributed by atoms with Crippen molar-refractivity contribution in [1.29, 1.82) is 0 Å². The third kappa shape index (κ3) is 6.55. The summed E-state index contributed by atoms with van der Waals surface area (Å²) >= 11 is 0. The first-order valence-corrected chi connectivity index (χ1v) is 14.4. The van der Waals surface area contributed by atoms with E-state index in [9.17, 15) is 17.6 Å². The van der Waals surface area contributed by atoms with Crippen molar-refractivity contribution in [2.75, 3.05) is 6.86 Å². The lowest BCUT2D eigenvalue weighted by Crippen LogP contribution is -2.37. The molecule has 0 bridgehead atoms. The van der Waals surface area contributed by atoms with Gasteiger partial charge in [-0.3, -0.25) is 0 Å². The van der Waals surface area contributed by atoms with Crippen LogP contribution in [0.5, 0.6) is 11.5 Å². The summed E-state index contributed by atoms with van der Waals surface area (Å²) in [6.07, 6.45) is 1.71. The normalized spacial score (nSPS) is 23.0. The highest BCUT2D eigenvalue weighted by molar-refractivity contribution is 5.66. The van der Waals surface area contributed by atoms with Gasteiger partial charge in [-0.25, -0.2) is 22.0 Å². The number of benzene rings is 3. The van der Waals surface area contributed by atoms with Gasteiger partial charge in [-0.05, 0) is 103 Å². The van der Waals surface area contributed by atoms with E-state index in [-0.39, 0.29) is 35.7 Å². The average molecular weight is 595 g/mol. The maximum absolute atomic E-state index is 15.1. The zero-order valence-electron chi connectivity index (χ0n) is 23.3. The molecule has 0 aromatic heterocycles. The largest absolute Gasteiger partial charge is 0.457 e. The van der Waals surface area contributed by atoms with E-state index in [0.29, 0.717) is 30.2 Å². The van der Waals surface area contributed by atoms with Gasteiger partial charge in [0.2, 0.25) is 6.86 Å². The molecule has 2 aliphatic carbocycles. The zero-order valence-corrected chi connectivity index (χ0v) is 23.3. The van der Waals surface area contributed by atoms with Gasteiger partial charge in [-0.15, -0.1) is 0 Å². The van der Waals surface area contributed by atoms with Gasteiger partial charge in [-0.1, -0.05) is 31.9 Å². The number of alkyl halides is 3. The minimum Gasteiger partial charge on any atom is -0.457 e. The Morgan fingerprint density at radius 3 is 1.95 bits per heavy atom. The van der Waals surface area contributed by atoms with Crippen LogP contribution in [0.4, 0.5) is 30.7 Å². The molecule has 2 aliphatic rings. The Balaban J connectivity index is 1.21. The fourth-order valence-corrected chi connectivity index (χ4v) is 6.40. The van der Waals surface area contributed by atoms with Gasteiger partial charge in [0.1, 0.15) is 17.4 Å². The number of ether oxygens (including phenoxy) is 2. The van der Waals surface area contributed by atoms with Crippen molar-refractivity contribution in [2.45, 2.75) is 76.2 Å². The van der Waals surface area contributed by atoms with Crippen LogP contribution in [0.25, 0.3) is 11.1 Å². The summed E-state index contributed by atoms with van der Waals surface area (Å²) in [6, 6.07) is 9.81. The molecule has 42 heavy (non-hydrogen) atoms. The van der Waals surface area contributed by atoms with E-state index < -0.39 is 47.8 Å². The lowest BCUT2D eigenvalue weighted by atomic mass is 9.76. The molecular formula is C33H33F7O2. The highest BCUT2D eigenvalue weighted by Gasteiger charge is 2.44. The first-order valence-electron chi connectivity index (χ1n) is 14.4. The number of hydrogen-bond acceptors (Lipinski definition) is 2. The first kappa shape index (κ1) is 30.2. The minimum absolute atomic E-state index is 0.103. The maximum Gasteiger partial charge on any atom is 0.400 e. The lowest BCUT2D eigenvalue weighted by Gasteiger charge is -2.34. The number of rotatable bonds is 8. The van der Waals surface area contributed by atoms with Crippen molar-refractivity contribution in [3.05, 3.63) is 82.9 Å². The van der Waals surface area contributed by atoms with Crippen LogP contribution in [0.15, 0.2) is 48.5 Å². The third-order valence-corrected chi connectivity index (χ3v) is 8.86. The van der Waals surface area contributed by atoms with E-state index in [2.05, 4.69) is 11.7 Å². The van der Waals surface area contributed by atoms with Crippen molar-refractivity contribution >= 4 is 0 Å². The van der Waals surface area contributed by atoms with E-state index in [4.69, 9.17) is 4.74 Å². The van der Waals surface area contributed by atoms with E-state index >= 15 is 13.2 Å². The van der Waals surface area contributed by atoms with Crippen molar-refractivity contribution in [3.8, 4) is 22.6 Å². The molecule has 0 heterocycles. The predicted molar refractivity (Wildman–Crippen MR) is 145 cm³/mol. The second-order valence-corrected chi connectivity index (χ2v) is 11.6. The van der Waals surface area contributed by atoms with Gasteiger partial charge in [0.15, 0.2) is 17.4 Å². The summed E-state index contributed by atoms with van der Waals surface area (Å²) in [6.45, 7) is 0.786. The number of hydrogen-bond donors (Lipinski definition) is 0. The smallest absolute Gasteiger partial charge is 0.400 e. The van der Waals surface area contributed by atoms with Crippen molar-refractivity contribution in [1.82, 2.24) is 0 Å². The highest BCUT2D eigenvalue weighted by Crippen LogP contribution is 2.45. The van der Waals surface area contributed by atoms with Crippen LogP contribution in [0, 0.1) is 35.1 Å². The molecule has 0 radical (unpaired) electrons. The van der Waals surface area contributed by atoms with Crippen LogP contribution < -0.4 is 9.47 Å². The molecule has 3 aromatic carbocycles. The van der Waals surface area contributed by atoms with Crippen molar-refractivity contribution < 1.29 is 40.2 Å². The Morgan fingerprint density at radius 1 is 0.714 bits per heavy atom. The fourth-order valence-electron chi connectivity index (χ4n) is 6.40. The molecule has 0 spiro atoms. The standard InChI is InChI=1S/C33H33F7O2/c1-19-2-4-20(5-3-19)22-8-12-26(28(35)14-22)21-6-9-24(10-7-21)33(39,40)42-25-11-13-27(29(36)17-25)23-15-30(37)32(41-18-34)31(38)16-23/h8,11-17,19-21,24H,2-7,9-10,18H2,1H3. The third-order valence-electron chi connectivity index (χ3n) is 8.86. The lowest BCUT2D eigenvalue weighted by molar-refractivity contribution is -0.222. The summed E-state index contributed by atoms with van der Waals surface area (Å²) in [7, 11) is 0. The van der Waals surface area contributed by atoms with Crippen LogP contribution in [0.3, 0.4) is 0 Å². The summed E-state index contributed by atoms with van der Waals surface area (Å²) in [5, 5.41) is 0. The topological polar surface area (TPSA) is 18.5 Å². The molecule has 0 amide bonds. The minimum atomic E-state index is -3.61. The molecule has 0 saturated heterocycles. The summed E-state index contributed by atoms with van der Waals surface area (Å²) in [4.78, 5) is 0. The molecule has 226 valence electrons. The van der Waals surface area contributed by atoms with Gasteiger partial charge in [0, 0.05) is 11.6 Å². The van der Waals surface area contributed by atoms with Gasteiger partial charge < -0.3 is 9.47 Å². The Kier molecular flexibility index (Phi) is 9.04. The van der Waals surface area contributed by atoms with Crippen LogP contribution in [0.2, 0.25) is 0 Å². The Labute approximate surface area is 240 Å². The van der Waals surface area contributed by atoms with E-state index in [1.54, 1.807) is 6.07 Å². The van der Waals surface area contributed by atoms with Gasteiger partial charge in [0.05, 0.1) is 5.92 Å². The molecule has 3 aromatic rings. The predicted octanol–water partition coefficient (Wildman–Crippen LogP) is 10.5. The van der Waals surface area contributed by atoms with Gasteiger partial charge >= 0.3 is 6.11 Å². The summed E-state index contributed by atoms with van der Waals surface area (Å²) < 4.78 is 110. The Morgan fingerprint density at radius 2 is 1.36 bits per heavy atom. The summed E-state index contributed by atoms with van der Waals surface area (Å²) in [5.74, 6) is -5.43. The van der Waals surface area contributed by atoms with Crippen LogP contribution in [-0.4, -0.2) is 13.0 Å². The number of halogens is 7. The average Bonchev–Trinajstić information content (AvgIpc) is 2.95. The molecule has 9 heteroatoms. The Bertz CT molecular complexity index is 1370. The molecule has 2 saturated carbocycles. The second kappa shape index (κ2) is 12.6. The molecular weight excluding hydrogens is 561 g/mol. The maximum atomic E-state index is 15.1. The molecule has 2 nitrogen and oxygen atoms in total. The van der Waals surface area contributed by atoms with Crippen LogP contribution in [-0.2, 0) is 0 Å². The van der Waals surface area contributed by atoms with E-state index in [0.717, 1.165) is 61.6 Å². The van der Waals surface area contributed by atoms with E-state index in [1.807, 2.05) is 12.1 Å². The monoisotopic (exact) mass is 594 g/mol. The van der Waals surface area contributed by atoms with Crippen molar-refractivity contribution in [3.63, 3.8) is 0 Å². The van der Waals surface area contributed by atoms with Gasteiger partial charge in [-0.2, -0.15) is 8.78 Å². The molecule has 0 N–H and O–H groups in total. The fraction of sp³-hybridized carbons (Fsp3) is 0.455. The van der Waals surface area contributed by atoms with Crippen molar-refractivity contribution in [2.24, 2.45) is 11.8 Å². The Hall–Kier alpha value is -3.23. The zero-order chi connectivity index (χ0) is 30.0. The highest BCUT2D eigenvalue weighted by atomic mass is 19.3. The first-order chi connectivity index (χ1) is 20.1. The molecule has 0 atom stereocenters. The molecule has 2 fully saturated rings. The van der Waals surface area contributed by atoms with Crippen LogP contribution in [0.1, 0.15) is 81.3 Å². The molecule has 0 aliphatic heterocycles. The SMILES string of the molecule is CC1CCC(c2ccc(C3CCC(C(F)(F)Oc4ccc(-c5cc(F)c(OCF)c(F)c5)c(F)c4)CC3)c(F)c2)CC1. The van der Waals surface area contributed by atoms with Crippen LogP contribution >= 0.6 is 0 Å². The molecule has 0 unspecified atom stereocenters. The second-order valence-electron chi connectivity index (χ2n) is 11.6. The van der Waals surface area contributed by atoms with E-state index in [1.165, 1.54) is 0 Å².